The Morgan fingerprint density at radius 3 is 2.23 bits per heavy atom. The normalized spacial score (nSPS) is 16.6. The van der Waals surface area contributed by atoms with Crippen molar-refractivity contribution in [3.63, 3.8) is 0 Å². The molecule has 35 heavy (non-hydrogen) atoms. The van der Waals surface area contributed by atoms with E-state index in [1.165, 1.54) is 12.3 Å². The van der Waals surface area contributed by atoms with Crippen LogP contribution in [0.3, 0.4) is 0 Å². The Bertz CT molecular complexity index is 1220. The summed E-state index contributed by atoms with van der Waals surface area (Å²) in [6.07, 6.45) is 2.12. The molecule has 0 unspecified atom stereocenters. The van der Waals surface area contributed by atoms with E-state index in [1.807, 2.05) is 36.1 Å². The zero-order valence-electron chi connectivity index (χ0n) is 19.4. The van der Waals surface area contributed by atoms with Gasteiger partial charge in [0.25, 0.3) is 0 Å². The third-order valence-corrected chi connectivity index (χ3v) is 6.18. The number of halogens is 3. The average molecular weight is 482 g/mol. The fourth-order valence-electron chi connectivity index (χ4n) is 4.36. The van der Waals surface area contributed by atoms with E-state index in [2.05, 4.69) is 22.0 Å². The Labute approximate surface area is 202 Å². The molecular formula is C25H26F3N7. The Kier molecular flexibility index (Phi) is 6.27. The predicted octanol–water partition coefficient (Wildman–Crippen LogP) is 4.35. The van der Waals surface area contributed by atoms with Gasteiger partial charge < -0.3 is 14.7 Å². The van der Waals surface area contributed by atoms with Crippen LogP contribution in [0, 0.1) is 6.92 Å². The minimum Gasteiger partial charge on any atom is -0.353 e. The number of hydrogen-bond donors (Lipinski definition) is 0. The van der Waals surface area contributed by atoms with E-state index >= 15 is 0 Å². The van der Waals surface area contributed by atoms with Crippen LogP contribution in [0.5, 0.6) is 0 Å². The zero-order valence-corrected chi connectivity index (χ0v) is 19.4. The molecule has 1 saturated heterocycles. The van der Waals surface area contributed by atoms with Gasteiger partial charge in [-0.2, -0.15) is 28.1 Å². The molecule has 1 aromatic carbocycles. The highest BCUT2D eigenvalue weighted by Crippen LogP contribution is 2.35. The molecule has 1 fully saturated rings. The number of hydrogen-bond acceptors (Lipinski definition) is 7. The lowest BCUT2D eigenvalue weighted by molar-refractivity contribution is -0.137. The fraction of sp³-hybridized carbons (Fsp3) is 0.360. The minimum absolute atomic E-state index is 0.0310. The molecule has 5 rings (SSSR count). The van der Waals surface area contributed by atoms with Crippen LogP contribution in [0.1, 0.15) is 17.5 Å². The Morgan fingerprint density at radius 1 is 0.800 bits per heavy atom. The third-order valence-electron chi connectivity index (χ3n) is 6.18. The molecule has 2 aromatic heterocycles. The fourth-order valence-corrected chi connectivity index (χ4v) is 4.36. The Balaban J connectivity index is 1.42. The van der Waals surface area contributed by atoms with Gasteiger partial charge in [-0.25, -0.2) is 4.98 Å². The van der Waals surface area contributed by atoms with Crippen molar-refractivity contribution in [2.45, 2.75) is 19.5 Å². The highest BCUT2D eigenvalue weighted by atomic mass is 19.4. The maximum atomic E-state index is 13.5. The van der Waals surface area contributed by atoms with Gasteiger partial charge >= 0.3 is 6.18 Å². The predicted molar refractivity (Wildman–Crippen MR) is 130 cm³/mol. The second-order valence-corrected chi connectivity index (χ2v) is 8.68. The molecule has 0 atom stereocenters. The number of anilines is 3. The topological polar surface area (TPSA) is 61.3 Å². The molecule has 0 N–H and O–H groups in total. The average Bonchev–Trinajstić information content (AvgIpc) is 2.88. The van der Waals surface area contributed by atoms with Crippen molar-refractivity contribution in [2.24, 2.45) is 0 Å². The van der Waals surface area contributed by atoms with Crippen molar-refractivity contribution in [1.29, 1.82) is 0 Å². The van der Waals surface area contributed by atoms with Gasteiger partial charge in [0.2, 0.25) is 11.9 Å². The zero-order chi connectivity index (χ0) is 24.4. The lowest BCUT2D eigenvalue weighted by Gasteiger charge is -2.36. The molecule has 10 heteroatoms. The van der Waals surface area contributed by atoms with E-state index in [9.17, 15) is 13.2 Å². The van der Waals surface area contributed by atoms with Gasteiger partial charge in [-0.1, -0.05) is 35.9 Å². The molecule has 0 radical (unpaired) electrons. The summed E-state index contributed by atoms with van der Waals surface area (Å²) in [6, 6.07) is 10.4. The Morgan fingerprint density at radius 2 is 1.54 bits per heavy atom. The molecule has 3 aromatic rings. The number of nitrogens with zero attached hydrogens (tertiary/aromatic N) is 7. The van der Waals surface area contributed by atoms with Crippen LogP contribution in [0.25, 0.3) is 11.4 Å². The first kappa shape index (κ1) is 23.1. The van der Waals surface area contributed by atoms with Crippen molar-refractivity contribution in [3.8, 4) is 11.4 Å². The summed E-state index contributed by atoms with van der Waals surface area (Å²) >= 11 is 0. The molecule has 2 aliphatic rings. The van der Waals surface area contributed by atoms with Crippen molar-refractivity contribution >= 4 is 17.7 Å². The van der Waals surface area contributed by atoms with E-state index < -0.39 is 11.7 Å². The summed E-state index contributed by atoms with van der Waals surface area (Å²) in [4.78, 5) is 24.1. The molecule has 7 nitrogen and oxygen atoms in total. The number of benzene rings is 1. The second kappa shape index (κ2) is 9.52. The van der Waals surface area contributed by atoms with Crippen LogP contribution >= 0.6 is 0 Å². The standard InChI is InChI=1S/C25H26F3N7/c1-18-7-5-8-19(17-18)21-30-23(34-11-3-2-4-12-34)32-24(31-21)35-15-13-33(14-16-35)22-20(25(26,27)28)9-6-10-29-22/h2-3,5-10,17H,4,11-16H2,1H3. The van der Waals surface area contributed by atoms with E-state index in [0.717, 1.165) is 36.7 Å². The molecule has 0 amide bonds. The summed E-state index contributed by atoms with van der Waals surface area (Å²) in [5, 5.41) is 0. The van der Waals surface area contributed by atoms with Gasteiger partial charge in [-0.15, -0.1) is 0 Å². The van der Waals surface area contributed by atoms with Crippen LogP contribution in [0.2, 0.25) is 0 Å². The van der Waals surface area contributed by atoms with Crippen LogP contribution in [0.4, 0.5) is 30.9 Å². The number of rotatable bonds is 4. The molecular weight excluding hydrogens is 455 g/mol. The lowest BCUT2D eigenvalue weighted by Crippen LogP contribution is -2.48. The van der Waals surface area contributed by atoms with Crippen molar-refractivity contribution < 1.29 is 13.2 Å². The highest BCUT2D eigenvalue weighted by molar-refractivity contribution is 5.60. The van der Waals surface area contributed by atoms with Gasteiger partial charge in [-0.05, 0) is 31.5 Å². The monoisotopic (exact) mass is 481 g/mol. The van der Waals surface area contributed by atoms with E-state index in [4.69, 9.17) is 15.0 Å². The first-order chi connectivity index (χ1) is 16.9. The van der Waals surface area contributed by atoms with Crippen LogP contribution < -0.4 is 14.7 Å². The Hall–Kier alpha value is -3.69. The molecule has 0 bridgehead atoms. The summed E-state index contributed by atoms with van der Waals surface area (Å²) in [7, 11) is 0. The first-order valence-corrected chi connectivity index (χ1v) is 11.6. The molecule has 0 aliphatic carbocycles. The number of aromatic nitrogens is 4. The second-order valence-electron chi connectivity index (χ2n) is 8.68. The van der Waals surface area contributed by atoms with Crippen molar-refractivity contribution in [1.82, 2.24) is 19.9 Å². The minimum atomic E-state index is -4.45. The number of alkyl halides is 3. The highest BCUT2D eigenvalue weighted by Gasteiger charge is 2.36. The summed E-state index contributed by atoms with van der Waals surface area (Å²) in [6.45, 7) is 5.29. The summed E-state index contributed by atoms with van der Waals surface area (Å²) < 4.78 is 40.5. The van der Waals surface area contributed by atoms with Crippen molar-refractivity contribution in [3.05, 3.63) is 65.9 Å². The van der Waals surface area contributed by atoms with Gasteiger partial charge in [-0.3, -0.25) is 0 Å². The van der Waals surface area contributed by atoms with Crippen LogP contribution in [-0.2, 0) is 6.18 Å². The lowest BCUT2D eigenvalue weighted by atomic mass is 10.1. The third kappa shape index (κ3) is 5.06. The maximum Gasteiger partial charge on any atom is 0.419 e. The maximum absolute atomic E-state index is 13.5. The number of piperazine rings is 1. The molecule has 182 valence electrons. The van der Waals surface area contributed by atoms with Gasteiger partial charge in [0, 0.05) is 51.0 Å². The number of pyridine rings is 1. The van der Waals surface area contributed by atoms with Gasteiger partial charge in [0.05, 0.1) is 5.56 Å². The largest absolute Gasteiger partial charge is 0.419 e. The van der Waals surface area contributed by atoms with E-state index in [-0.39, 0.29) is 5.82 Å². The SMILES string of the molecule is Cc1cccc(-c2nc(N3CC=CCC3)nc(N3CCN(c4ncccc4C(F)(F)F)CC3)n2)c1. The molecule has 0 saturated carbocycles. The van der Waals surface area contributed by atoms with Crippen LogP contribution in [0.15, 0.2) is 54.7 Å². The summed E-state index contributed by atoms with van der Waals surface area (Å²) in [5.74, 6) is 1.71. The summed E-state index contributed by atoms with van der Waals surface area (Å²) in [5.41, 5.74) is 1.30. The van der Waals surface area contributed by atoms with Gasteiger partial charge in [0.1, 0.15) is 5.82 Å². The number of aryl methyl sites for hydroxylation is 1. The quantitative estimate of drug-likeness (QED) is 0.514. The van der Waals surface area contributed by atoms with E-state index in [0.29, 0.717) is 43.9 Å². The molecule has 2 aliphatic heterocycles. The molecule has 0 spiro atoms. The smallest absolute Gasteiger partial charge is 0.353 e. The van der Waals surface area contributed by atoms with E-state index in [1.54, 1.807) is 4.90 Å². The molecule has 4 heterocycles. The first-order valence-electron chi connectivity index (χ1n) is 11.6. The van der Waals surface area contributed by atoms with Gasteiger partial charge in [0.15, 0.2) is 5.82 Å². The van der Waals surface area contributed by atoms with Crippen LogP contribution in [-0.4, -0.2) is 59.2 Å². The van der Waals surface area contributed by atoms with Crippen molar-refractivity contribution in [2.75, 3.05) is 54.0 Å².